The first-order valence-corrected chi connectivity index (χ1v) is 6.47. The topological polar surface area (TPSA) is 74.5 Å². The van der Waals surface area contributed by atoms with E-state index in [1.807, 2.05) is 31.2 Å². The summed E-state index contributed by atoms with van der Waals surface area (Å²) >= 11 is 0. The molecule has 1 unspecified atom stereocenters. The van der Waals surface area contributed by atoms with E-state index in [1.54, 1.807) is 6.07 Å². The Morgan fingerprint density at radius 1 is 1.30 bits per heavy atom. The largest absolute Gasteiger partial charge is 0.472 e. The Hall–Kier alpha value is -2.27. The number of aliphatic hydroxyl groups is 1. The number of furan rings is 1. The summed E-state index contributed by atoms with van der Waals surface area (Å²) in [6.45, 7) is 2.37. The Bertz CT molecular complexity index is 535. The van der Waals surface area contributed by atoms with Gasteiger partial charge in [-0.15, -0.1) is 0 Å². The average Bonchev–Trinajstić information content (AvgIpc) is 2.95. The van der Waals surface area contributed by atoms with Gasteiger partial charge in [0.15, 0.2) is 0 Å². The smallest absolute Gasteiger partial charge is 0.319 e. The molecule has 2 amide bonds. The van der Waals surface area contributed by atoms with Crippen molar-refractivity contribution in [1.82, 2.24) is 5.32 Å². The zero-order valence-corrected chi connectivity index (χ0v) is 11.3. The quantitative estimate of drug-likeness (QED) is 0.784. The van der Waals surface area contributed by atoms with Crippen LogP contribution >= 0.6 is 0 Å². The van der Waals surface area contributed by atoms with Crippen molar-refractivity contribution in [1.29, 1.82) is 0 Å². The zero-order valence-electron chi connectivity index (χ0n) is 11.3. The molecule has 20 heavy (non-hydrogen) atoms. The fraction of sp³-hybridized carbons (Fsp3) is 0.267. The highest BCUT2D eigenvalue weighted by molar-refractivity contribution is 5.89. The molecule has 2 rings (SSSR count). The molecule has 0 spiro atoms. The van der Waals surface area contributed by atoms with Gasteiger partial charge in [0.2, 0.25) is 0 Å². The van der Waals surface area contributed by atoms with Crippen molar-refractivity contribution in [2.24, 2.45) is 0 Å². The Balaban J connectivity index is 1.71. The lowest BCUT2D eigenvalue weighted by molar-refractivity contribution is 0.166. The van der Waals surface area contributed by atoms with Crippen molar-refractivity contribution in [3.8, 4) is 0 Å². The van der Waals surface area contributed by atoms with Crippen LogP contribution in [-0.2, 0) is 0 Å². The van der Waals surface area contributed by atoms with Crippen LogP contribution in [0, 0.1) is 6.92 Å². The highest BCUT2D eigenvalue weighted by atomic mass is 16.3. The summed E-state index contributed by atoms with van der Waals surface area (Å²) in [5, 5.41) is 15.2. The SMILES string of the molecule is Cc1ccc(NC(=O)NCCC(O)c2ccoc2)cc1. The molecule has 5 heteroatoms. The molecule has 1 aromatic heterocycles. The van der Waals surface area contributed by atoms with E-state index in [4.69, 9.17) is 4.42 Å². The van der Waals surface area contributed by atoms with Crippen LogP contribution in [0.2, 0.25) is 0 Å². The monoisotopic (exact) mass is 274 g/mol. The van der Waals surface area contributed by atoms with Crippen molar-refractivity contribution in [3.63, 3.8) is 0 Å². The van der Waals surface area contributed by atoms with Gasteiger partial charge in [0.1, 0.15) is 0 Å². The van der Waals surface area contributed by atoms with Gasteiger partial charge >= 0.3 is 6.03 Å². The van der Waals surface area contributed by atoms with E-state index in [-0.39, 0.29) is 6.03 Å². The van der Waals surface area contributed by atoms with Crippen molar-refractivity contribution in [2.75, 3.05) is 11.9 Å². The summed E-state index contributed by atoms with van der Waals surface area (Å²) in [4.78, 5) is 11.6. The van der Waals surface area contributed by atoms with Crippen molar-refractivity contribution >= 4 is 11.7 Å². The number of carbonyl (C=O) groups excluding carboxylic acids is 1. The molecule has 1 heterocycles. The maximum atomic E-state index is 11.6. The Morgan fingerprint density at radius 2 is 2.05 bits per heavy atom. The third kappa shape index (κ3) is 4.13. The van der Waals surface area contributed by atoms with Crippen LogP contribution < -0.4 is 10.6 Å². The number of hydrogen-bond acceptors (Lipinski definition) is 3. The molecule has 3 N–H and O–H groups in total. The third-order valence-electron chi connectivity index (χ3n) is 2.94. The van der Waals surface area contributed by atoms with Crippen molar-refractivity contribution in [3.05, 3.63) is 54.0 Å². The summed E-state index contributed by atoms with van der Waals surface area (Å²) in [6, 6.07) is 8.96. The molecule has 1 atom stereocenters. The normalized spacial score (nSPS) is 11.9. The number of rotatable bonds is 5. The van der Waals surface area contributed by atoms with Gasteiger partial charge in [0.25, 0.3) is 0 Å². The average molecular weight is 274 g/mol. The van der Waals surface area contributed by atoms with Gasteiger partial charge in [0, 0.05) is 17.8 Å². The number of aliphatic hydroxyl groups excluding tert-OH is 1. The molecular formula is C15H18N2O3. The van der Waals surface area contributed by atoms with E-state index in [0.717, 1.165) is 11.3 Å². The molecule has 5 nitrogen and oxygen atoms in total. The second kappa shape index (κ2) is 6.77. The standard InChI is InChI=1S/C15H18N2O3/c1-11-2-4-13(5-3-11)17-15(19)16-8-6-14(18)12-7-9-20-10-12/h2-5,7,9-10,14,18H,6,8H2,1H3,(H2,16,17,19). The maximum absolute atomic E-state index is 11.6. The molecule has 0 saturated carbocycles. The molecule has 0 aliphatic heterocycles. The lowest BCUT2D eigenvalue weighted by atomic mass is 10.1. The number of anilines is 1. The van der Waals surface area contributed by atoms with Gasteiger partial charge in [-0.2, -0.15) is 0 Å². The minimum atomic E-state index is -0.631. The van der Waals surface area contributed by atoms with E-state index in [2.05, 4.69) is 10.6 Å². The molecule has 1 aromatic carbocycles. The molecular weight excluding hydrogens is 256 g/mol. The Labute approximate surface area is 117 Å². The molecule has 2 aromatic rings. The second-order valence-electron chi connectivity index (χ2n) is 4.61. The van der Waals surface area contributed by atoms with Gasteiger partial charge in [-0.05, 0) is 31.5 Å². The molecule has 0 radical (unpaired) electrons. The van der Waals surface area contributed by atoms with Crippen LogP contribution in [-0.4, -0.2) is 17.7 Å². The first-order chi connectivity index (χ1) is 9.65. The first kappa shape index (κ1) is 14.1. The molecule has 0 bridgehead atoms. The van der Waals surface area contributed by atoms with Crippen molar-refractivity contribution in [2.45, 2.75) is 19.4 Å². The summed E-state index contributed by atoms with van der Waals surface area (Å²) in [5.74, 6) is 0. The number of carbonyl (C=O) groups is 1. The Kier molecular flexibility index (Phi) is 4.79. The number of urea groups is 1. The van der Waals surface area contributed by atoms with Crippen molar-refractivity contribution < 1.29 is 14.3 Å². The molecule has 106 valence electrons. The summed E-state index contributed by atoms with van der Waals surface area (Å²) < 4.78 is 4.89. The molecule has 0 aliphatic carbocycles. The fourth-order valence-corrected chi connectivity index (χ4v) is 1.77. The number of nitrogens with one attached hydrogen (secondary N) is 2. The maximum Gasteiger partial charge on any atom is 0.319 e. The summed E-state index contributed by atoms with van der Waals surface area (Å²) in [6.07, 6.45) is 2.81. The predicted molar refractivity (Wildman–Crippen MR) is 76.5 cm³/mol. The van der Waals surface area contributed by atoms with Gasteiger partial charge in [0.05, 0.1) is 18.6 Å². The van der Waals surface area contributed by atoms with E-state index in [9.17, 15) is 9.90 Å². The van der Waals surface area contributed by atoms with Crippen LogP contribution in [0.3, 0.4) is 0 Å². The van der Waals surface area contributed by atoms with Crippen LogP contribution in [0.25, 0.3) is 0 Å². The highest BCUT2D eigenvalue weighted by Crippen LogP contribution is 2.15. The number of benzene rings is 1. The Morgan fingerprint density at radius 3 is 2.70 bits per heavy atom. The molecule has 0 fully saturated rings. The fourth-order valence-electron chi connectivity index (χ4n) is 1.77. The van der Waals surface area contributed by atoms with Crippen LogP contribution in [0.4, 0.5) is 10.5 Å². The van der Waals surface area contributed by atoms with Crippen LogP contribution in [0.5, 0.6) is 0 Å². The zero-order chi connectivity index (χ0) is 14.4. The predicted octanol–water partition coefficient (Wildman–Crippen LogP) is 2.83. The van der Waals surface area contributed by atoms with E-state index >= 15 is 0 Å². The molecule has 0 aliphatic rings. The van der Waals surface area contributed by atoms with Crippen LogP contribution in [0.1, 0.15) is 23.7 Å². The van der Waals surface area contributed by atoms with E-state index < -0.39 is 6.10 Å². The second-order valence-corrected chi connectivity index (χ2v) is 4.61. The first-order valence-electron chi connectivity index (χ1n) is 6.47. The van der Waals surface area contributed by atoms with E-state index in [1.165, 1.54) is 12.5 Å². The highest BCUT2D eigenvalue weighted by Gasteiger charge is 2.09. The van der Waals surface area contributed by atoms with Gasteiger partial charge in [-0.25, -0.2) is 4.79 Å². The van der Waals surface area contributed by atoms with Gasteiger partial charge in [-0.1, -0.05) is 17.7 Å². The summed E-state index contributed by atoms with van der Waals surface area (Å²) in [7, 11) is 0. The third-order valence-corrected chi connectivity index (χ3v) is 2.94. The minimum absolute atomic E-state index is 0.284. The molecule has 0 saturated heterocycles. The number of aryl methyl sites for hydroxylation is 1. The lowest BCUT2D eigenvalue weighted by Crippen LogP contribution is -2.30. The van der Waals surface area contributed by atoms with E-state index in [0.29, 0.717) is 18.5 Å². The van der Waals surface area contributed by atoms with Crippen LogP contribution in [0.15, 0.2) is 47.3 Å². The van der Waals surface area contributed by atoms with Gasteiger partial charge < -0.3 is 20.2 Å². The number of hydrogen-bond donors (Lipinski definition) is 3. The van der Waals surface area contributed by atoms with Gasteiger partial charge in [-0.3, -0.25) is 0 Å². The summed E-state index contributed by atoms with van der Waals surface area (Å²) in [5.41, 5.74) is 2.59. The minimum Gasteiger partial charge on any atom is -0.472 e. The number of amides is 2. The lowest BCUT2D eigenvalue weighted by Gasteiger charge is -2.10.